The number of hydrogen-bond acceptors (Lipinski definition) is 8. The highest BCUT2D eigenvalue weighted by Crippen LogP contribution is 2.27. The predicted molar refractivity (Wildman–Crippen MR) is 150 cm³/mol. The molecule has 0 aliphatic carbocycles. The molecule has 0 saturated heterocycles. The van der Waals surface area contributed by atoms with E-state index in [9.17, 15) is 9.00 Å². The number of carbonyl (C=O) groups is 1. The van der Waals surface area contributed by atoms with Gasteiger partial charge in [-0.2, -0.15) is 5.10 Å². The maximum absolute atomic E-state index is 15.3. The first-order valence-corrected chi connectivity index (χ1v) is 14.4. The summed E-state index contributed by atoms with van der Waals surface area (Å²) in [5.74, 6) is -0.394. The molecular formula is C28H32FN7O4S. The molecule has 0 bridgehead atoms. The Morgan fingerprint density at radius 2 is 2.02 bits per heavy atom. The molecule has 41 heavy (non-hydrogen) atoms. The zero-order chi connectivity index (χ0) is 29.1. The summed E-state index contributed by atoms with van der Waals surface area (Å²) in [4.78, 5) is 16.3. The molecule has 1 atom stereocenters. The highest BCUT2D eigenvalue weighted by molar-refractivity contribution is 7.85. The number of amides is 1. The fourth-order valence-corrected chi connectivity index (χ4v) is 6.19. The molecule has 4 aromatic rings. The van der Waals surface area contributed by atoms with Crippen LogP contribution in [0.4, 0.5) is 4.39 Å². The van der Waals surface area contributed by atoms with E-state index in [0.29, 0.717) is 34.9 Å². The van der Waals surface area contributed by atoms with E-state index in [1.807, 2.05) is 25.2 Å². The van der Waals surface area contributed by atoms with Crippen molar-refractivity contribution in [3.8, 4) is 11.4 Å². The van der Waals surface area contributed by atoms with Gasteiger partial charge in [0.05, 0.1) is 54.2 Å². The van der Waals surface area contributed by atoms with Crippen molar-refractivity contribution in [1.29, 1.82) is 0 Å². The van der Waals surface area contributed by atoms with E-state index in [2.05, 4.69) is 25.6 Å². The summed E-state index contributed by atoms with van der Waals surface area (Å²) in [6, 6.07) is 9.13. The summed E-state index contributed by atoms with van der Waals surface area (Å²) in [7, 11) is 3.85. The number of aryl methyl sites for hydroxylation is 1. The molecule has 1 aliphatic rings. The minimum atomic E-state index is -1.08. The summed E-state index contributed by atoms with van der Waals surface area (Å²) in [5.41, 5.74) is 4.04. The standard InChI is InChI=1S/C28H32FN7O4S/c1-18-13-36(33-31-18)24-7-8-25(40-4)27(29)21(24)12-30-28(37)22-16-35(32-23(22)17-39-3)14-19-5-6-20-15-34(2)9-10-41(38)26(20)11-19/h5-8,11,13,16H,9-10,12,14-15,17H2,1-4H3,(H,30,37). The number of carbonyl (C=O) groups excluding carboxylic acids is 1. The summed E-state index contributed by atoms with van der Waals surface area (Å²) in [6.45, 7) is 3.67. The van der Waals surface area contributed by atoms with Gasteiger partial charge in [0.2, 0.25) is 0 Å². The summed E-state index contributed by atoms with van der Waals surface area (Å²) < 4.78 is 41.7. The number of benzene rings is 2. The van der Waals surface area contributed by atoms with Gasteiger partial charge >= 0.3 is 0 Å². The average molecular weight is 582 g/mol. The van der Waals surface area contributed by atoms with Crippen molar-refractivity contribution in [3.63, 3.8) is 0 Å². The van der Waals surface area contributed by atoms with Crippen molar-refractivity contribution in [2.75, 3.05) is 33.6 Å². The molecule has 0 spiro atoms. The molecule has 0 radical (unpaired) electrons. The number of halogens is 1. The zero-order valence-electron chi connectivity index (χ0n) is 23.4. The van der Waals surface area contributed by atoms with Gasteiger partial charge in [0, 0.05) is 49.2 Å². The molecule has 5 rings (SSSR count). The number of rotatable bonds is 9. The zero-order valence-corrected chi connectivity index (χ0v) is 24.2. The Balaban J connectivity index is 1.38. The van der Waals surface area contributed by atoms with Crippen LogP contribution in [-0.4, -0.2) is 73.4 Å². The fourth-order valence-electron chi connectivity index (χ4n) is 4.78. The van der Waals surface area contributed by atoms with E-state index < -0.39 is 22.5 Å². The van der Waals surface area contributed by atoms with Crippen molar-refractivity contribution >= 4 is 16.7 Å². The Morgan fingerprint density at radius 1 is 1.20 bits per heavy atom. The van der Waals surface area contributed by atoms with Crippen LogP contribution in [0.25, 0.3) is 5.69 Å². The van der Waals surface area contributed by atoms with Crippen LogP contribution in [0.1, 0.15) is 38.4 Å². The Bertz CT molecular complexity index is 1600. The van der Waals surface area contributed by atoms with Crippen LogP contribution in [0.15, 0.2) is 47.6 Å². The smallest absolute Gasteiger partial charge is 0.255 e. The van der Waals surface area contributed by atoms with Gasteiger partial charge in [-0.1, -0.05) is 17.3 Å². The van der Waals surface area contributed by atoms with Crippen LogP contribution in [0.3, 0.4) is 0 Å². The van der Waals surface area contributed by atoms with E-state index in [1.165, 1.54) is 25.0 Å². The van der Waals surface area contributed by atoms with Gasteiger partial charge in [0.1, 0.15) is 5.69 Å². The molecule has 2 aromatic heterocycles. The van der Waals surface area contributed by atoms with Crippen LogP contribution in [-0.2, 0) is 41.8 Å². The molecule has 1 unspecified atom stereocenters. The number of aromatic nitrogens is 5. The molecule has 1 aliphatic heterocycles. The quantitative estimate of drug-likeness (QED) is 0.321. The number of nitrogens with zero attached hydrogens (tertiary/aromatic N) is 6. The highest BCUT2D eigenvalue weighted by atomic mass is 32.2. The number of ether oxygens (including phenoxy) is 2. The van der Waals surface area contributed by atoms with E-state index >= 15 is 4.39 Å². The Labute approximate surface area is 239 Å². The Kier molecular flexibility index (Phi) is 8.57. The molecule has 1 N–H and O–H groups in total. The number of fused-ring (bicyclic) bond motifs is 1. The number of nitrogens with one attached hydrogen (secondary N) is 1. The molecule has 13 heteroatoms. The monoisotopic (exact) mass is 581 g/mol. The number of methoxy groups -OCH3 is 2. The lowest BCUT2D eigenvalue weighted by Gasteiger charge is -2.14. The molecule has 0 fully saturated rings. The third-order valence-electron chi connectivity index (χ3n) is 6.87. The van der Waals surface area contributed by atoms with Crippen molar-refractivity contribution < 1.29 is 22.9 Å². The molecule has 1 amide bonds. The third-order valence-corrected chi connectivity index (χ3v) is 8.29. The predicted octanol–water partition coefficient (Wildman–Crippen LogP) is 2.60. The van der Waals surface area contributed by atoms with Gasteiger partial charge in [0.15, 0.2) is 11.6 Å². The van der Waals surface area contributed by atoms with Gasteiger partial charge in [-0.25, -0.2) is 9.07 Å². The first-order valence-electron chi connectivity index (χ1n) is 13.0. The normalized spacial score (nSPS) is 15.4. The molecule has 3 heterocycles. The minimum absolute atomic E-state index is 0.0519. The van der Waals surface area contributed by atoms with E-state index in [-0.39, 0.29) is 24.5 Å². The van der Waals surface area contributed by atoms with Gasteiger partial charge in [-0.05, 0) is 43.3 Å². The second kappa shape index (κ2) is 12.3. The molecule has 11 nitrogen and oxygen atoms in total. The minimum Gasteiger partial charge on any atom is -0.494 e. The molecule has 0 saturated carbocycles. The summed E-state index contributed by atoms with van der Waals surface area (Å²) >= 11 is 0. The third kappa shape index (κ3) is 6.21. The largest absolute Gasteiger partial charge is 0.494 e. The summed E-state index contributed by atoms with van der Waals surface area (Å²) in [6.07, 6.45) is 3.31. The van der Waals surface area contributed by atoms with Crippen molar-refractivity contribution in [2.24, 2.45) is 0 Å². The van der Waals surface area contributed by atoms with E-state index in [1.54, 1.807) is 30.1 Å². The van der Waals surface area contributed by atoms with Crippen LogP contribution >= 0.6 is 0 Å². The lowest BCUT2D eigenvalue weighted by molar-refractivity contribution is 0.0945. The fraction of sp³-hybridized carbons (Fsp3) is 0.357. The maximum Gasteiger partial charge on any atom is 0.255 e. The summed E-state index contributed by atoms with van der Waals surface area (Å²) in [5, 5.41) is 15.4. The topological polar surface area (TPSA) is 116 Å². The Morgan fingerprint density at radius 3 is 2.76 bits per heavy atom. The molecular weight excluding hydrogens is 549 g/mol. The van der Waals surface area contributed by atoms with Gasteiger partial charge in [-0.3, -0.25) is 13.7 Å². The second-order valence-corrected chi connectivity index (χ2v) is 11.5. The lowest BCUT2D eigenvalue weighted by atomic mass is 10.1. The number of hydrogen-bond donors (Lipinski definition) is 1. The SMILES string of the molecule is COCc1nn(Cc2ccc3c(c2)S(=O)CCN(C)C3)cc1C(=O)NCc1c(-n2cc(C)nn2)ccc(OC)c1F. The Hall–Kier alpha value is -3.94. The van der Waals surface area contributed by atoms with Crippen LogP contribution < -0.4 is 10.1 Å². The first kappa shape index (κ1) is 28.6. The van der Waals surface area contributed by atoms with Crippen molar-refractivity contribution in [3.05, 3.63) is 82.2 Å². The van der Waals surface area contributed by atoms with Gasteiger partial charge in [0.25, 0.3) is 5.91 Å². The van der Waals surface area contributed by atoms with E-state index in [4.69, 9.17) is 9.47 Å². The lowest BCUT2D eigenvalue weighted by Crippen LogP contribution is -2.25. The molecule has 2 aromatic carbocycles. The van der Waals surface area contributed by atoms with Crippen LogP contribution in [0, 0.1) is 12.7 Å². The maximum atomic E-state index is 15.3. The van der Waals surface area contributed by atoms with Crippen LogP contribution in [0.2, 0.25) is 0 Å². The van der Waals surface area contributed by atoms with Crippen molar-refractivity contribution in [2.45, 2.75) is 38.1 Å². The molecule has 216 valence electrons. The average Bonchev–Trinajstić information content (AvgIpc) is 3.53. The van der Waals surface area contributed by atoms with E-state index in [0.717, 1.165) is 29.1 Å². The first-order chi connectivity index (χ1) is 19.8. The van der Waals surface area contributed by atoms with Gasteiger partial charge in [-0.15, -0.1) is 5.10 Å². The van der Waals surface area contributed by atoms with Crippen molar-refractivity contribution in [1.82, 2.24) is 35.0 Å². The van der Waals surface area contributed by atoms with Gasteiger partial charge < -0.3 is 19.7 Å². The highest BCUT2D eigenvalue weighted by Gasteiger charge is 2.22. The second-order valence-electron chi connectivity index (χ2n) is 9.92. The van der Waals surface area contributed by atoms with Crippen LogP contribution in [0.5, 0.6) is 5.75 Å².